The van der Waals surface area contributed by atoms with Gasteiger partial charge in [-0.15, -0.1) is 0 Å². The molecule has 0 aliphatic rings. The van der Waals surface area contributed by atoms with Crippen molar-refractivity contribution in [3.05, 3.63) is 51.3 Å². The molecule has 2 aromatic heterocycles. The Morgan fingerprint density at radius 2 is 2.29 bits per heavy atom. The molecule has 2 rings (SSSR count). The molecule has 0 fully saturated rings. The van der Waals surface area contributed by atoms with E-state index >= 15 is 0 Å². The smallest absolute Gasteiger partial charge is 0.300 e. The van der Waals surface area contributed by atoms with E-state index in [9.17, 15) is 14.9 Å². The number of pyridine rings is 1. The van der Waals surface area contributed by atoms with Crippen molar-refractivity contribution >= 4 is 23.2 Å². The van der Waals surface area contributed by atoms with Crippen LogP contribution in [0.15, 0.2) is 24.7 Å². The molecule has 2 N–H and O–H groups in total. The van der Waals surface area contributed by atoms with Gasteiger partial charge in [-0.25, -0.2) is 9.97 Å². The van der Waals surface area contributed by atoms with Gasteiger partial charge in [0.05, 0.1) is 4.92 Å². The topological polar surface area (TPSA) is 114 Å². The third kappa shape index (κ3) is 3.99. The molecular weight excluding hydrogens is 298 g/mol. The maximum absolute atomic E-state index is 12.0. The van der Waals surface area contributed by atoms with E-state index in [-0.39, 0.29) is 16.4 Å². The van der Waals surface area contributed by atoms with Crippen molar-refractivity contribution in [1.82, 2.24) is 20.3 Å². The maximum Gasteiger partial charge on any atom is 0.300 e. The largest absolute Gasteiger partial charge is 0.352 e. The van der Waals surface area contributed by atoms with Gasteiger partial charge in [0.15, 0.2) is 0 Å². The molecule has 0 aliphatic carbocycles. The summed E-state index contributed by atoms with van der Waals surface area (Å²) in [7, 11) is 0. The first-order valence-corrected chi connectivity index (χ1v) is 6.52. The van der Waals surface area contributed by atoms with Crippen molar-refractivity contribution in [3.8, 4) is 0 Å². The average molecular weight is 310 g/mol. The summed E-state index contributed by atoms with van der Waals surface area (Å²) in [5.41, 5.74) is -0.471. The van der Waals surface area contributed by atoms with E-state index < -0.39 is 10.8 Å². The van der Waals surface area contributed by atoms with Gasteiger partial charge >= 0.3 is 0 Å². The zero-order valence-electron chi connectivity index (χ0n) is 10.9. The number of aryl methyl sites for hydroxylation is 1. The third-order valence-electron chi connectivity index (χ3n) is 2.72. The number of nitrogens with zero attached hydrogens (tertiary/aromatic N) is 3. The van der Waals surface area contributed by atoms with Crippen LogP contribution in [-0.2, 0) is 6.42 Å². The SMILES string of the molecule is O=C(NCCCc1ncc[nH]1)c1cc(Cl)ncc1[N+](=O)[O-]. The number of nitrogens with one attached hydrogen (secondary N) is 2. The van der Waals surface area contributed by atoms with Crippen LogP contribution in [-0.4, -0.2) is 32.3 Å². The Bertz CT molecular complexity index is 644. The van der Waals surface area contributed by atoms with Crippen LogP contribution in [0.5, 0.6) is 0 Å². The summed E-state index contributed by atoms with van der Waals surface area (Å²) in [6.07, 6.45) is 5.67. The first-order valence-electron chi connectivity index (χ1n) is 6.14. The standard InChI is InChI=1S/C12H12ClN5O3/c13-10-6-8(9(7-17-10)18(20)21)12(19)16-3-1-2-11-14-4-5-15-11/h4-7H,1-3H2,(H,14,15)(H,16,19). The lowest BCUT2D eigenvalue weighted by molar-refractivity contribution is -0.385. The highest BCUT2D eigenvalue weighted by molar-refractivity contribution is 6.29. The average Bonchev–Trinajstić information content (AvgIpc) is 2.96. The molecule has 0 bridgehead atoms. The molecule has 2 heterocycles. The number of hydrogen-bond acceptors (Lipinski definition) is 5. The van der Waals surface area contributed by atoms with E-state index in [4.69, 9.17) is 11.6 Å². The van der Waals surface area contributed by atoms with Gasteiger partial charge in [-0.2, -0.15) is 0 Å². The molecule has 9 heteroatoms. The summed E-state index contributed by atoms with van der Waals surface area (Å²) < 4.78 is 0. The maximum atomic E-state index is 12.0. The highest BCUT2D eigenvalue weighted by atomic mass is 35.5. The van der Waals surface area contributed by atoms with Gasteiger partial charge in [-0.1, -0.05) is 11.6 Å². The van der Waals surface area contributed by atoms with Crippen LogP contribution >= 0.6 is 11.6 Å². The minimum atomic E-state index is -0.666. The molecule has 21 heavy (non-hydrogen) atoms. The summed E-state index contributed by atoms with van der Waals surface area (Å²) in [4.78, 5) is 32.8. The van der Waals surface area contributed by atoms with Crippen LogP contribution < -0.4 is 5.32 Å². The zero-order valence-corrected chi connectivity index (χ0v) is 11.6. The summed E-state index contributed by atoms with van der Waals surface area (Å²) in [6, 6.07) is 1.18. The Morgan fingerprint density at radius 3 is 2.95 bits per heavy atom. The van der Waals surface area contributed by atoms with E-state index in [1.165, 1.54) is 6.07 Å². The molecule has 2 aromatic rings. The van der Waals surface area contributed by atoms with E-state index in [2.05, 4.69) is 20.3 Å². The fourth-order valence-electron chi connectivity index (χ4n) is 1.74. The number of carbonyl (C=O) groups excluding carboxylic acids is 1. The lowest BCUT2D eigenvalue weighted by atomic mass is 10.2. The second-order valence-electron chi connectivity index (χ2n) is 4.18. The normalized spacial score (nSPS) is 10.3. The fourth-order valence-corrected chi connectivity index (χ4v) is 1.90. The van der Waals surface area contributed by atoms with Crippen molar-refractivity contribution in [1.29, 1.82) is 0 Å². The van der Waals surface area contributed by atoms with E-state index in [0.29, 0.717) is 19.4 Å². The van der Waals surface area contributed by atoms with Gasteiger partial charge in [-0.3, -0.25) is 14.9 Å². The Hall–Kier alpha value is -2.48. The number of halogens is 1. The van der Waals surface area contributed by atoms with Gasteiger partial charge in [0.25, 0.3) is 11.6 Å². The highest BCUT2D eigenvalue weighted by Gasteiger charge is 2.20. The Balaban J connectivity index is 1.93. The monoisotopic (exact) mass is 309 g/mol. The van der Waals surface area contributed by atoms with Gasteiger partial charge in [0.1, 0.15) is 22.7 Å². The van der Waals surface area contributed by atoms with Gasteiger partial charge in [0.2, 0.25) is 0 Å². The molecule has 0 saturated carbocycles. The van der Waals surface area contributed by atoms with Crippen LogP contribution in [0.1, 0.15) is 22.6 Å². The summed E-state index contributed by atoms with van der Waals surface area (Å²) >= 11 is 5.67. The number of aromatic nitrogens is 3. The summed E-state index contributed by atoms with van der Waals surface area (Å²) in [6.45, 7) is 0.372. The molecular formula is C12H12ClN5O3. The second-order valence-corrected chi connectivity index (χ2v) is 4.56. The van der Waals surface area contributed by atoms with E-state index in [1.807, 2.05) is 0 Å². The molecule has 0 atom stereocenters. The van der Waals surface area contributed by atoms with Crippen molar-refractivity contribution in [3.63, 3.8) is 0 Å². The predicted molar refractivity (Wildman–Crippen MR) is 75.1 cm³/mol. The van der Waals surface area contributed by atoms with Crippen molar-refractivity contribution < 1.29 is 9.72 Å². The summed E-state index contributed by atoms with van der Waals surface area (Å²) in [5.74, 6) is 0.271. The minimum absolute atomic E-state index is 0.0290. The first-order chi connectivity index (χ1) is 10.1. The van der Waals surface area contributed by atoms with Gasteiger partial charge < -0.3 is 10.3 Å². The van der Waals surface area contributed by atoms with Crippen LogP contribution in [0.25, 0.3) is 0 Å². The highest BCUT2D eigenvalue weighted by Crippen LogP contribution is 2.20. The molecule has 1 amide bonds. The molecule has 0 spiro atoms. The molecule has 0 saturated heterocycles. The number of aromatic amines is 1. The predicted octanol–water partition coefficient (Wildman–Crippen LogP) is 1.73. The Kier molecular flexibility index (Phi) is 4.83. The quantitative estimate of drug-likeness (QED) is 0.365. The van der Waals surface area contributed by atoms with Gasteiger partial charge in [-0.05, 0) is 12.5 Å². The Labute approximate surface area is 124 Å². The molecule has 0 unspecified atom stereocenters. The molecule has 110 valence electrons. The molecule has 0 aromatic carbocycles. The number of imidazole rings is 1. The molecule has 0 radical (unpaired) electrons. The van der Waals surface area contributed by atoms with Gasteiger partial charge in [0, 0.05) is 25.4 Å². The van der Waals surface area contributed by atoms with E-state index in [0.717, 1.165) is 12.0 Å². The van der Waals surface area contributed by atoms with Crippen LogP contribution in [0, 0.1) is 10.1 Å². The van der Waals surface area contributed by atoms with Crippen LogP contribution in [0.2, 0.25) is 5.15 Å². The molecule has 0 aliphatic heterocycles. The second kappa shape index (κ2) is 6.80. The van der Waals surface area contributed by atoms with Crippen molar-refractivity contribution in [2.24, 2.45) is 0 Å². The lowest BCUT2D eigenvalue weighted by Gasteiger charge is -2.05. The van der Waals surface area contributed by atoms with Crippen molar-refractivity contribution in [2.75, 3.05) is 6.54 Å². The number of hydrogen-bond donors (Lipinski definition) is 2. The lowest BCUT2D eigenvalue weighted by Crippen LogP contribution is -2.25. The zero-order chi connectivity index (χ0) is 15.2. The molecule has 8 nitrogen and oxygen atoms in total. The number of amides is 1. The number of nitro groups is 1. The third-order valence-corrected chi connectivity index (χ3v) is 2.93. The number of rotatable bonds is 6. The number of H-pyrrole nitrogens is 1. The fraction of sp³-hybridized carbons (Fsp3) is 0.250. The van der Waals surface area contributed by atoms with Crippen LogP contribution in [0.3, 0.4) is 0 Å². The Morgan fingerprint density at radius 1 is 1.48 bits per heavy atom. The minimum Gasteiger partial charge on any atom is -0.352 e. The van der Waals surface area contributed by atoms with Crippen LogP contribution in [0.4, 0.5) is 5.69 Å². The first kappa shape index (κ1) is 14.9. The summed E-state index contributed by atoms with van der Waals surface area (Å²) in [5, 5.41) is 13.5. The van der Waals surface area contributed by atoms with Crippen molar-refractivity contribution in [2.45, 2.75) is 12.8 Å². The van der Waals surface area contributed by atoms with E-state index in [1.54, 1.807) is 12.4 Å². The number of carbonyl (C=O) groups is 1.